The van der Waals surface area contributed by atoms with Crippen LogP contribution in [0.4, 0.5) is 4.39 Å². The Morgan fingerprint density at radius 3 is 2.51 bits per heavy atom. The fraction of sp³-hybridized carbons (Fsp3) is 0.267. The van der Waals surface area contributed by atoms with E-state index in [0.29, 0.717) is 46.8 Å². The first-order valence-corrected chi connectivity index (χ1v) is 13.1. The molecule has 0 spiro atoms. The van der Waals surface area contributed by atoms with Crippen LogP contribution < -0.4 is 9.47 Å². The van der Waals surface area contributed by atoms with E-state index in [0.717, 1.165) is 18.5 Å². The molecule has 1 unspecified atom stereocenters. The second-order valence-electron chi connectivity index (χ2n) is 9.31. The molecule has 1 amide bonds. The van der Waals surface area contributed by atoms with Crippen LogP contribution in [0.1, 0.15) is 34.5 Å². The number of ether oxygens (including phenoxy) is 3. The minimum Gasteiger partial charge on any atom is -0.493 e. The monoisotopic (exact) mass is 549 g/mol. The molecule has 1 fully saturated rings. The maximum absolute atomic E-state index is 14.7. The zero-order valence-electron chi connectivity index (χ0n) is 21.8. The largest absolute Gasteiger partial charge is 0.493 e. The molecule has 3 aromatic carbocycles. The van der Waals surface area contributed by atoms with Crippen molar-refractivity contribution in [2.24, 2.45) is 0 Å². The molecule has 0 N–H and O–H groups in total. The van der Waals surface area contributed by atoms with Crippen LogP contribution in [0, 0.1) is 12.7 Å². The highest BCUT2D eigenvalue weighted by molar-refractivity contribution is 6.30. The summed E-state index contributed by atoms with van der Waals surface area (Å²) in [5.74, 6) is 0.452. The third-order valence-electron chi connectivity index (χ3n) is 6.67. The average molecular weight is 550 g/mol. The Hall–Kier alpha value is -3.88. The zero-order valence-corrected chi connectivity index (χ0v) is 22.5. The summed E-state index contributed by atoms with van der Waals surface area (Å²) in [4.78, 5) is 15.3. The van der Waals surface area contributed by atoms with Gasteiger partial charge in [0, 0.05) is 18.2 Å². The second kappa shape index (κ2) is 11.9. The Morgan fingerprint density at radius 1 is 1.10 bits per heavy atom. The van der Waals surface area contributed by atoms with Crippen LogP contribution in [0.3, 0.4) is 0 Å². The summed E-state index contributed by atoms with van der Waals surface area (Å²) in [6.07, 6.45) is 1.61. The van der Waals surface area contributed by atoms with E-state index in [1.54, 1.807) is 53.1 Å². The minimum absolute atomic E-state index is 0.00504. The predicted octanol–water partition coefficient (Wildman–Crippen LogP) is 6.60. The van der Waals surface area contributed by atoms with E-state index in [2.05, 4.69) is 0 Å². The summed E-state index contributed by atoms with van der Waals surface area (Å²) in [5, 5.41) is 5.35. The number of halogens is 2. The lowest BCUT2D eigenvalue weighted by molar-refractivity contribution is 0.0502. The lowest BCUT2D eigenvalue weighted by atomic mass is 10.1. The van der Waals surface area contributed by atoms with Crippen LogP contribution >= 0.6 is 11.6 Å². The molecule has 1 aliphatic heterocycles. The van der Waals surface area contributed by atoms with E-state index < -0.39 is 11.7 Å². The van der Waals surface area contributed by atoms with Crippen molar-refractivity contribution >= 4 is 17.5 Å². The summed E-state index contributed by atoms with van der Waals surface area (Å²) in [6.45, 7) is 2.94. The normalized spacial score (nSPS) is 14.8. The van der Waals surface area contributed by atoms with Gasteiger partial charge < -0.3 is 19.1 Å². The van der Waals surface area contributed by atoms with Crippen LogP contribution in [-0.2, 0) is 11.3 Å². The summed E-state index contributed by atoms with van der Waals surface area (Å²) in [6, 6.07) is 20.5. The summed E-state index contributed by atoms with van der Waals surface area (Å²) in [5.41, 5.74) is 2.07. The molecular weight excluding hydrogens is 521 g/mol. The van der Waals surface area contributed by atoms with Crippen molar-refractivity contribution in [3.8, 4) is 23.1 Å². The van der Waals surface area contributed by atoms with Crippen molar-refractivity contribution < 1.29 is 23.4 Å². The maximum atomic E-state index is 14.7. The molecular formula is C30H29ClFN3O4. The maximum Gasteiger partial charge on any atom is 0.257 e. The van der Waals surface area contributed by atoms with Gasteiger partial charge in [-0.2, -0.15) is 5.10 Å². The van der Waals surface area contributed by atoms with Gasteiger partial charge in [-0.3, -0.25) is 4.79 Å². The Labute approximate surface area is 231 Å². The SMILES string of the molecule is COc1ccccc1Oc1c(CN(CC2CCCO2)C(=O)c2ccccc2F)c(C)nn1-c1ccc(Cl)cc1. The molecule has 1 saturated heterocycles. The first-order chi connectivity index (χ1) is 18.9. The first-order valence-electron chi connectivity index (χ1n) is 12.8. The smallest absolute Gasteiger partial charge is 0.257 e. The third-order valence-corrected chi connectivity index (χ3v) is 6.92. The Balaban J connectivity index is 1.58. The molecule has 2 heterocycles. The fourth-order valence-corrected chi connectivity index (χ4v) is 4.77. The van der Waals surface area contributed by atoms with E-state index in [1.165, 1.54) is 12.1 Å². The van der Waals surface area contributed by atoms with Gasteiger partial charge in [-0.15, -0.1) is 0 Å². The second-order valence-corrected chi connectivity index (χ2v) is 9.75. The number of aryl methyl sites for hydroxylation is 1. The van der Waals surface area contributed by atoms with Gasteiger partial charge in [-0.1, -0.05) is 35.9 Å². The number of benzene rings is 3. The van der Waals surface area contributed by atoms with Crippen LogP contribution in [0.25, 0.3) is 5.69 Å². The van der Waals surface area contributed by atoms with E-state index in [-0.39, 0.29) is 18.2 Å². The number of carbonyl (C=O) groups is 1. The van der Waals surface area contributed by atoms with Gasteiger partial charge in [0.15, 0.2) is 11.5 Å². The zero-order chi connectivity index (χ0) is 27.4. The summed E-state index contributed by atoms with van der Waals surface area (Å²) < 4.78 is 34.2. The predicted molar refractivity (Wildman–Crippen MR) is 146 cm³/mol. The van der Waals surface area contributed by atoms with Crippen molar-refractivity contribution in [3.63, 3.8) is 0 Å². The first kappa shape index (κ1) is 26.7. The minimum atomic E-state index is -0.570. The van der Waals surface area contributed by atoms with Crippen molar-refractivity contribution in [1.82, 2.24) is 14.7 Å². The highest BCUT2D eigenvalue weighted by atomic mass is 35.5. The number of carbonyl (C=O) groups excluding carboxylic acids is 1. The summed E-state index contributed by atoms with van der Waals surface area (Å²) >= 11 is 6.14. The van der Waals surface area contributed by atoms with Crippen LogP contribution in [0.2, 0.25) is 5.02 Å². The van der Waals surface area contributed by atoms with Crippen LogP contribution in [-0.4, -0.2) is 47.0 Å². The molecule has 0 radical (unpaired) electrons. The molecule has 1 atom stereocenters. The van der Waals surface area contributed by atoms with Crippen LogP contribution in [0.15, 0.2) is 72.8 Å². The van der Waals surface area contributed by atoms with E-state index in [9.17, 15) is 9.18 Å². The number of methoxy groups -OCH3 is 1. The molecule has 0 bridgehead atoms. The van der Waals surface area contributed by atoms with Gasteiger partial charge in [0.05, 0.1) is 42.3 Å². The van der Waals surface area contributed by atoms with Gasteiger partial charge in [0.25, 0.3) is 5.91 Å². The van der Waals surface area contributed by atoms with Gasteiger partial charge >= 0.3 is 0 Å². The highest BCUT2D eigenvalue weighted by Gasteiger charge is 2.29. The van der Waals surface area contributed by atoms with Gasteiger partial charge in [-0.25, -0.2) is 9.07 Å². The van der Waals surface area contributed by atoms with E-state index in [4.69, 9.17) is 30.9 Å². The summed E-state index contributed by atoms with van der Waals surface area (Å²) in [7, 11) is 1.57. The molecule has 1 aliphatic rings. The number of para-hydroxylation sites is 2. The Bertz CT molecular complexity index is 1450. The molecule has 0 saturated carbocycles. The molecule has 7 nitrogen and oxygen atoms in total. The lowest BCUT2D eigenvalue weighted by Crippen LogP contribution is -2.37. The molecule has 202 valence electrons. The van der Waals surface area contributed by atoms with Crippen molar-refractivity contribution in [2.45, 2.75) is 32.4 Å². The lowest BCUT2D eigenvalue weighted by Gasteiger charge is -2.26. The van der Waals surface area contributed by atoms with Crippen molar-refractivity contribution in [3.05, 3.63) is 100 Å². The van der Waals surface area contributed by atoms with Crippen LogP contribution in [0.5, 0.6) is 17.4 Å². The van der Waals surface area contributed by atoms with E-state index >= 15 is 0 Å². The number of nitrogens with zero attached hydrogens (tertiary/aromatic N) is 3. The van der Waals surface area contributed by atoms with Crippen molar-refractivity contribution in [1.29, 1.82) is 0 Å². The van der Waals surface area contributed by atoms with E-state index in [1.807, 2.05) is 31.2 Å². The number of amides is 1. The molecule has 39 heavy (non-hydrogen) atoms. The number of aromatic nitrogens is 2. The van der Waals surface area contributed by atoms with Gasteiger partial charge in [-0.05, 0) is 68.3 Å². The quantitative estimate of drug-likeness (QED) is 0.235. The van der Waals surface area contributed by atoms with Gasteiger partial charge in [0.2, 0.25) is 5.88 Å². The molecule has 9 heteroatoms. The topological polar surface area (TPSA) is 65.8 Å². The molecule has 0 aliphatic carbocycles. The van der Waals surface area contributed by atoms with Gasteiger partial charge in [0.1, 0.15) is 5.82 Å². The third kappa shape index (κ3) is 5.92. The molecule has 1 aromatic heterocycles. The van der Waals surface area contributed by atoms with Crippen molar-refractivity contribution in [2.75, 3.05) is 20.3 Å². The highest BCUT2D eigenvalue weighted by Crippen LogP contribution is 2.36. The molecule has 4 aromatic rings. The average Bonchev–Trinajstić information content (AvgIpc) is 3.57. The Morgan fingerprint density at radius 2 is 1.82 bits per heavy atom. The fourth-order valence-electron chi connectivity index (χ4n) is 4.64. The number of hydrogen-bond donors (Lipinski definition) is 0. The number of hydrogen-bond acceptors (Lipinski definition) is 5. The Kier molecular flexibility index (Phi) is 8.14. The number of rotatable bonds is 9. The molecule has 5 rings (SSSR count). The standard InChI is InChI=1S/C30H29ClFN3O4/c1-20-25(19-34(18-23-8-7-17-38-23)29(36)24-9-3-4-10-26(24)32)30(39-28-12-6-5-11-27(28)37-2)35(33-20)22-15-13-21(31)14-16-22/h3-6,9-16,23H,7-8,17-19H2,1-2H3.